The molecule has 2 unspecified atom stereocenters. The summed E-state index contributed by atoms with van der Waals surface area (Å²) < 4.78 is 26.4. The van der Waals surface area contributed by atoms with E-state index < -0.39 is 17.8 Å². The molecule has 0 saturated carbocycles. The van der Waals surface area contributed by atoms with Gasteiger partial charge < -0.3 is 19.9 Å². The Labute approximate surface area is 218 Å². The molecule has 0 spiro atoms. The maximum atomic E-state index is 14.3. The van der Waals surface area contributed by atoms with E-state index in [2.05, 4.69) is 17.4 Å². The van der Waals surface area contributed by atoms with Gasteiger partial charge in [0.15, 0.2) is 0 Å². The molecule has 200 valence electrons. The fraction of sp³-hybridized carbons (Fsp3) is 0.586. The van der Waals surface area contributed by atoms with Crippen molar-refractivity contribution in [2.75, 3.05) is 31.6 Å². The van der Waals surface area contributed by atoms with Crippen molar-refractivity contribution in [3.05, 3.63) is 58.5 Å². The monoisotopic (exact) mass is 511 g/mol. The molecule has 2 N–H and O–H groups in total. The first-order valence-corrected chi connectivity index (χ1v) is 13.7. The van der Waals surface area contributed by atoms with E-state index in [4.69, 9.17) is 14.5 Å². The maximum Gasteiger partial charge on any atom is 0.325 e. The van der Waals surface area contributed by atoms with Crippen LogP contribution in [0.5, 0.6) is 0 Å². The van der Waals surface area contributed by atoms with Crippen LogP contribution in [0.1, 0.15) is 80.0 Å². The van der Waals surface area contributed by atoms with Crippen molar-refractivity contribution >= 4 is 11.8 Å². The summed E-state index contributed by atoms with van der Waals surface area (Å²) in [4.78, 5) is 19.1. The van der Waals surface area contributed by atoms with Gasteiger partial charge in [-0.05, 0) is 93.2 Å². The van der Waals surface area contributed by atoms with E-state index in [0.29, 0.717) is 25.3 Å². The summed E-state index contributed by atoms with van der Waals surface area (Å²) >= 11 is 0. The molecule has 1 aromatic carbocycles. The number of rotatable bonds is 10. The molecule has 37 heavy (non-hydrogen) atoms. The number of pyridine rings is 1. The maximum absolute atomic E-state index is 14.3. The number of likely N-dealkylation sites (tertiary alicyclic amines) is 1. The number of carbonyl (C=O) groups is 1. The smallest absolute Gasteiger partial charge is 0.325 e. The van der Waals surface area contributed by atoms with Crippen LogP contribution in [-0.4, -0.2) is 59.4 Å². The van der Waals surface area contributed by atoms with E-state index in [1.165, 1.54) is 17.7 Å². The van der Waals surface area contributed by atoms with E-state index >= 15 is 0 Å². The number of nitrogens with zero attached hydrogens (tertiary/aromatic N) is 2. The van der Waals surface area contributed by atoms with Gasteiger partial charge >= 0.3 is 5.97 Å². The van der Waals surface area contributed by atoms with Crippen molar-refractivity contribution in [1.29, 1.82) is 0 Å². The zero-order valence-electron chi connectivity index (χ0n) is 21.6. The van der Waals surface area contributed by atoms with Crippen LogP contribution in [-0.2, 0) is 27.1 Å². The quantitative estimate of drug-likeness (QED) is 0.432. The molecule has 5 rings (SSSR count). The largest absolute Gasteiger partial charge is 0.480 e. The first kappa shape index (κ1) is 26.1. The molecule has 3 aliphatic heterocycles. The first-order valence-electron chi connectivity index (χ1n) is 13.7. The number of anilines is 1. The summed E-state index contributed by atoms with van der Waals surface area (Å²) in [7, 11) is 0. The van der Waals surface area contributed by atoms with Crippen LogP contribution in [0.4, 0.5) is 10.2 Å². The van der Waals surface area contributed by atoms with Gasteiger partial charge in [0.25, 0.3) is 0 Å². The lowest BCUT2D eigenvalue weighted by molar-refractivity contribution is -0.143. The van der Waals surface area contributed by atoms with Crippen molar-refractivity contribution < 1.29 is 23.8 Å². The molecule has 0 radical (unpaired) electrons. The van der Waals surface area contributed by atoms with Crippen LogP contribution in [0.25, 0.3) is 0 Å². The number of halogens is 1. The van der Waals surface area contributed by atoms with Crippen LogP contribution in [0.3, 0.4) is 0 Å². The molecular formula is C29H38FN3O4. The van der Waals surface area contributed by atoms with E-state index in [1.54, 1.807) is 6.07 Å². The minimum Gasteiger partial charge on any atom is -0.480 e. The molecule has 2 fully saturated rings. The zero-order chi connectivity index (χ0) is 25.8. The number of ether oxygens (including phenoxy) is 2. The van der Waals surface area contributed by atoms with Gasteiger partial charge in [-0.15, -0.1) is 0 Å². The predicted molar refractivity (Wildman–Crippen MR) is 139 cm³/mol. The topological polar surface area (TPSA) is 83.9 Å². The number of carboxylic acid groups (broad SMARTS) is 1. The minimum absolute atomic E-state index is 0.0207. The lowest BCUT2D eigenvalue weighted by Crippen LogP contribution is -2.34. The highest BCUT2D eigenvalue weighted by molar-refractivity contribution is 5.76. The average Bonchev–Trinajstić information content (AvgIpc) is 3.53. The Hall–Kier alpha value is -2.55. The highest BCUT2D eigenvalue weighted by Crippen LogP contribution is 2.39. The van der Waals surface area contributed by atoms with Crippen molar-refractivity contribution in [1.82, 2.24) is 9.88 Å². The zero-order valence-corrected chi connectivity index (χ0v) is 21.6. The van der Waals surface area contributed by atoms with Gasteiger partial charge in [-0.25, -0.2) is 9.37 Å². The van der Waals surface area contributed by atoms with E-state index in [-0.39, 0.29) is 18.3 Å². The molecule has 3 aliphatic rings. The lowest BCUT2D eigenvalue weighted by Gasteiger charge is -2.28. The third-order valence-corrected chi connectivity index (χ3v) is 7.83. The molecule has 8 heteroatoms. The van der Waals surface area contributed by atoms with Gasteiger partial charge in [-0.3, -0.25) is 9.69 Å². The Morgan fingerprint density at radius 2 is 2.16 bits per heavy atom. The van der Waals surface area contributed by atoms with Crippen LogP contribution >= 0.6 is 0 Å². The third-order valence-electron chi connectivity index (χ3n) is 7.83. The number of carboxylic acids is 1. The second-order valence-electron chi connectivity index (χ2n) is 10.6. The van der Waals surface area contributed by atoms with Crippen molar-refractivity contribution in [3.8, 4) is 0 Å². The summed E-state index contributed by atoms with van der Waals surface area (Å²) in [5.74, 6) is -0.354. The summed E-state index contributed by atoms with van der Waals surface area (Å²) in [6.45, 7) is 4.77. The fourth-order valence-electron chi connectivity index (χ4n) is 5.88. The molecule has 7 nitrogen and oxygen atoms in total. The van der Waals surface area contributed by atoms with Gasteiger partial charge in [0.1, 0.15) is 17.7 Å². The Morgan fingerprint density at radius 3 is 2.97 bits per heavy atom. The number of unbranched alkanes of at least 4 members (excludes halogenated alkanes) is 1. The van der Waals surface area contributed by atoms with Crippen LogP contribution in [0, 0.1) is 5.82 Å². The molecule has 0 amide bonds. The molecule has 2 saturated heterocycles. The van der Waals surface area contributed by atoms with Crippen LogP contribution < -0.4 is 5.32 Å². The van der Waals surface area contributed by atoms with Gasteiger partial charge in [-0.1, -0.05) is 12.1 Å². The first-order chi connectivity index (χ1) is 18.0. The minimum atomic E-state index is -0.967. The van der Waals surface area contributed by atoms with Gasteiger partial charge in [0.05, 0.1) is 18.3 Å². The fourth-order valence-corrected chi connectivity index (χ4v) is 5.88. The summed E-state index contributed by atoms with van der Waals surface area (Å²) in [6, 6.07) is 7.87. The van der Waals surface area contributed by atoms with Gasteiger partial charge in [-0.2, -0.15) is 0 Å². The van der Waals surface area contributed by atoms with Crippen LogP contribution in [0.15, 0.2) is 30.3 Å². The Balaban J connectivity index is 1.13. The van der Waals surface area contributed by atoms with Crippen LogP contribution in [0.2, 0.25) is 0 Å². The molecule has 0 aliphatic carbocycles. The average molecular weight is 512 g/mol. The standard InChI is InChI=1S/C29H38FN3O4/c1-19-7-12-26(37-19)24-11-9-21(30)17-25(24)27(29(34)35)33-15-13-23(18-33)36-16-3-2-6-22-10-8-20-5-4-14-31-28(20)32-22/h8-11,17,19,23,26-27H,2-7,12-16,18H2,1H3,(H,31,32)(H,34,35)/t19?,23-,26?,27-/m1/s1. The summed E-state index contributed by atoms with van der Waals surface area (Å²) in [6.07, 6.45) is 7.50. The Morgan fingerprint density at radius 1 is 1.27 bits per heavy atom. The van der Waals surface area contributed by atoms with Crippen molar-refractivity contribution in [2.24, 2.45) is 0 Å². The Kier molecular flexibility index (Phi) is 8.37. The molecule has 1 aromatic heterocycles. The second-order valence-corrected chi connectivity index (χ2v) is 10.6. The van der Waals surface area contributed by atoms with Crippen molar-refractivity contribution in [3.63, 3.8) is 0 Å². The second kappa shape index (κ2) is 11.9. The summed E-state index contributed by atoms with van der Waals surface area (Å²) in [5.41, 5.74) is 3.70. The highest BCUT2D eigenvalue weighted by Gasteiger charge is 2.37. The van der Waals surface area contributed by atoms with E-state index in [0.717, 1.165) is 75.0 Å². The molecule has 0 bridgehead atoms. The molecule has 4 heterocycles. The number of aliphatic carboxylic acids is 1. The molecular weight excluding hydrogens is 473 g/mol. The number of aromatic nitrogens is 1. The van der Waals surface area contributed by atoms with E-state index in [1.807, 2.05) is 11.8 Å². The SMILES string of the molecule is CC1CCC(c2ccc(F)cc2[C@H](C(=O)O)N2CC[C@@H](OCCCCc3ccc4c(n3)NCCC4)C2)O1. The van der Waals surface area contributed by atoms with Gasteiger partial charge in [0.2, 0.25) is 0 Å². The van der Waals surface area contributed by atoms with Gasteiger partial charge in [0, 0.05) is 31.9 Å². The molecule has 2 aromatic rings. The van der Waals surface area contributed by atoms with E-state index in [9.17, 15) is 14.3 Å². The Bertz CT molecular complexity index is 1100. The number of hydrogen-bond donors (Lipinski definition) is 2. The number of aryl methyl sites for hydroxylation is 2. The third kappa shape index (κ3) is 6.30. The number of hydrogen-bond acceptors (Lipinski definition) is 6. The lowest BCUT2D eigenvalue weighted by atomic mass is 9.94. The number of nitrogens with one attached hydrogen (secondary N) is 1. The number of benzene rings is 1. The summed E-state index contributed by atoms with van der Waals surface area (Å²) in [5, 5.41) is 13.5. The van der Waals surface area contributed by atoms with Crippen molar-refractivity contribution in [2.45, 2.75) is 82.6 Å². The number of fused-ring (bicyclic) bond motifs is 1. The predicted octanol–water partition coefficient (Wildman–Crippen LogP) is 5.06. The normalized spacial score (nSPS) is 24.5. The highest BCUT2D eigenvalue weighted by atomic mass is 19.1. The molecule has 4 atom stereocenters.